The highest BCUT2D eigenvalue weighted by molar-refractivity contribution is 7.15. The first-order valence-corrected chi connectivity index (χ1v) is 6.43. The number of aryl methyl sites for hydroxylation is 1. The Balaban J connectivity index is 2.08. The van der Waals surface area contributed by atoms with Crippen molar-refractivity contribution in [2.45, 2.75) is 38.3 Å². The fourth-order valence-corrected chi connectivity index (χ4v) is 3.06. The molecule has 1 aliphatic carbocycles. The highest BCUT2D eigenvalue weighted by atomic mass is 32.1. The molecule has 94 valence electrons. The zero-order valence-corrected chi connectivity index (χ0v) is 10.7. The van der Waals surface area contributed by atoms with Gasteiger partial charge >= 0.3 is 5.97 Å². The van der Waals surface area contributed by atoms with Crippen LogP contribution in [0.2, 0.25) is 0 Å². The lowest BCUT2D eigenvalue weighted by molar-refractivity contribution is 0.0690. The van der Waals surface area contributed by atoms with Crippen LogP contribution in [0.3, 0.4) is 0 Å². The molecule has 1 heterocycles. The van der Waals surface area contributed by atoms with Crippen molar-refractivity contribution in [2.24, 2.45) is 0 Å². The topological polar surface area (TPSA) is 71.5 Å². The molecule has 2 rings (SSSR count). The van der Waals surface area contributed by atoms with Crippen molar-refractivity contribution < 1.29 is 14.6 Å². The number of nitrogens with one attached hydrogen (secondary N) is 1. The van der Waals surface area contributed by atoms with Gasteiger partial charge < -0.3 is 15.2 Å². The first kappa shape index (κ1) is 12.3. The second kappa shape index (κ2) is 5.01. The lowest BCUT2D eigenvalue weighted by Gasteiger charge is -2.18. The largest absolute Gasteiger partial charge is 0.476 e. The smallest absolute Gasteiger partial charge is 0.355 e. The zero-order valence-electron chi connectivity index (χ0n) is 9.90. The summed E-state index contributed by atoms with van der Waals surface area (Å²) >= 11 is 1.38. The third kappa shape index (κ3) is 2.58. The number of carboxylic acids is 1. The number of carboxylic acid groups (broad SMARTS) is 1. The average Bonchev–Trinajstić information content (AvgIpc) is 2.85. The Morgan fingerprint density at radius 1 is 1.59 bits per heavy atom. The fraction of sp³-hybridized carbons (Fsp3) is 0.636. The van der Waals surface area contributed by atoms with E-state index in [1.165, 1.54) is 11.3 Å². The molecule has 17 heavy (non-hydrogen) atoms. The summed E-state index contributed by atoms with van der Waals surface area (Å²) in [4.78, 5) is 15.7. The van der Waals surface area contributed by atoms with Gasteiger partial charge in [0.25, 0.3) is 0 Å². The Hall–Kier alpha value is -1.14. The summed E-state index contributed by atoms with van der Waals surface area (Å²) in [5.41, 5.74) is 0.143. The number of aromatic nitrogens is 1. The first-order valence-electron chi connectivity index (χ1n) is 5.62. The van der Waals surface area contributed by atoms with Crippen molar-refractivity contribution >= 4 is 22.4 Å². The predicted molar refractivity (Wildman–Crippen MR) is 65.9 cm³/mol. The quantitative estimate of drug-likeness (QED) is 0.863. The number of aromatic carboxylic acids is 1. The Labute approximate surface area is 104 Å². The molecule has 6 heteroatoms. The van der Waals surface area contributed by atoms with Crippen LogP contribution < -0.4 is 5.32 Å². The molecule has 1 fully saturated rings. The van der Waals surface area contributed by atoms with Gasteiger partial charge in [0.1, 0.15) is 0 Å². The average molecular weight is 256 g/mol. The molecule has 1 saturated carbocycles. The molecular formula is C11H16N2O3S. The molecule has 0 bridgehead atoms. The molecule has 1 aromatic heterocycles. The van der Waals surface area contributed by atoms with Crippen molar-refractivity contribution in [3.8, 4) is 0 Å². The molecule has 1 aliphatic rings. The molecule has 5 nitrogen and oxygen atoms in total. The fourth-order valence-electron chi connectivity index (χ4n) is 2.19. The third-order valence-corrected chi connectivity index (χ3v) is 3.97. The molecule has 2 unspecified atom stereocenters. The normalized spacial score (nSPS) is 23.9. The van der Waals surface area contributed by atoms with Crippen molar-refractivity contribution in [3.63, 3.8) is 0 Å². The molecule has 0 aliphatic heterocycles. The predicted octanol–water partition coefficient (Wildman–Crippen LogP) is 2.13. The Kier molecular flexibility index (Phi) is 3.63. The van der Waals surface area contributed by atoms with Crippen molar-refractivity contribution in [1.29, 1.82) is 0 Å². The number of thiazole rings is 1. The van der Waals surface area contributed by atoms with Crippen LogP contribution in [0.5, 0.6) is 0 Å². The lowest BCUT2D eigenvalue weighted by Crippen LogP contribution is -2.29. The molecule has 2 atom stereocenters. The second-order valence-electron chi connectivity index (χ2n) is 4.18. The molecule has 0 spiro atoms. The highest BCUT2D eigenvalue weighted by Crippen LogP contribution is 2.28. The van der Waals surface area contributed by atoms with Crippen LogP contribution in [0.1, 0.15) is 34.6 Å². The summed E-state index contributed by atoms with van der Waals surface area (Å²) in [6.07, 6.45) is 3.42. The standard InChI is InChI=1S/C11H16N2O3S/c1-6-9(10(14)15)13-11(17-6)12-7-4-3-5-8(7)16-2/h7-8H,3-5H2,1-2H3,(H,12,13)(H,14,15). The number of hydrogen-bond donors (Lipinski definition) is 2. The Morgan fingerprint density at radius 2 is 2.35 bits per heavy atom. The van der Waals surface area contributed by atoms with Crippen LogP contribution in [-0.2, 0) is 4.74 Å². The van der Waals surface area contributed by atoms with E-state index in [0.717, 1.165) is 24.1 Å². The van der Waals surface area contributed by atoms with E-state index < -0.39 is 5.97 Å². The van der Waals surface area contributed by atoms with Gasteiger partial charge in [-0.2, -0.15) is 0 Å². The maximum atomic E-state index is 10.9. The van der Waals surface area contributed by atoms with E-state index in [-0.39, 0.29) is 17.8 Å². The van der Waals surface area contributed by atoms with E-state index in [9.17, 15) is 4.79 Å². The summed E-state index contributed by atoms with van der Waals surface area (Å²) in [5, 5.41) is 12.9. The second-order valence-corrected chi connectivity index (χ2v) is 5.39. The third-order valence-electron chi connectivity index (χ3n) is 3.06. The van der Waals surface area contributed by atoms with Crippen molar-refractivity contribution in [2.75, 3.05) is 12.4 Å². The van der Waals surface area contributed by atoms with Crippen LogP contribution in [-0.4, -0.2) is 35.3 Å². The van der Waals surface area contributed by atoms with Gasteiger partial charge in [-0.1, -0.05) is 0 Å². The minimum atomic E-state index is -0.971. The summed E-state index contributed by atoms with van der Waals surface area (Å²) in [7, 11) is 1.71. The molecule has 0 radical (unpaired) electrons. The zero-order chi connectivity index (χ0) is 12.4. The number of hydrogen-bond acceptors (Lipinski definition) is 5. The van der Waals surface area contributed by atoms with E-state index in [0.29, 0.717) is 5.13 Å². The molecule has 0 aromatic carbocycles. The van der Waals surface area contributed by atoms with Gasteiger partial charge in [-0.25, -0.2) is 9.78 Å². The Bertz CT molecular complexity index is 419. The molecule has 1 aromatic rings. The summed E-state index contributed by atoms with van der Waals surface area (Å²) in [6.45, 7) is 1.77. The molecular weight excluding hydrogens is 240 g/mol. The maximum Gasteiger partial charge on any atom is 0.355 e. The minimum absolute atomic E-state index is 0.143. The number of rotatable bonds is 4. The van der Waals surface area contributed by atoms with E-state index in [1.807, 2.05) is 0 Å². The van der Waals surface area contributed by atoms with E-state index in [1.54, 1.807) is 14.0 Å². The molecule has 2 N–H and O–H groups in total. The van der Waals surface area contributed by atoms with Gasteiger partial charge in [0.2, 0.25) is 0 Å². The molecule has 0 saturated heterocycles. The first-order chi connectivity index (χ1) is 8.11. The molecule has 0 amide bonds. The maximum absolute atomic E-state index is 10.9. The van der Waals surface area contributed by atoms with Gasteiger partial charge in [-0.3, -0.25) is 0 Å². The number of ether oxygens (including phenoxy) is 1. The number of anilines is 1. The summed E-state index contributed by atoms with van der Waals surface area (Å²) in [6, 6.07) is 0.243. The SMILES string of the molecule is COC1CCCC1Nc1nc(C(=O)O)c(C)s1. The van der Waals surface area contributed by atoms with Gasteiger partial charge in [0, 0.05) is 12.0 Å². The summed E-state index contributed by atoms with van der Waals surface area (Å²) < 4.78 is 5.38. The summed E-state index contributed by atoms with van der Waals surface area (Å²) in [5.74, 6) is -0.971. The van der Waals surface area contributed by atoms with Crippen LogP contribution >= 0.6 is 11.3 Å². The highest BCUT2D eigenvalue weighted by Gasteiger charge is 2.28. The Morgan fingerprint density at radius 3 is 2.94 bits per heavy atom. The number of nitrogens with zero attached hydrogens (tertiary/aromatic N) is 1. The van der Waals surface area contributed by atoms with Crippen LogP contribution in [0, 0.1) is 6.92 Å². The number of methoxy groups -OCH3 is 1. The van der Waals surface area contributed by atoms with E-state index in [2.05, 4.69) is 10.3 Å². The van der Waals surface area contributed by atoms with Crippen LogP contribution in [0.25, 0.3) is 0 Å². The lowest BCUT2D eigenvalue weighted by atomic mass is 10.2. The van der Waals surface area contributed by atoms with Gasteiger partial charge in [0.15, 0.2) is 10.8 Å². The van der Waals surface area contributed by atoms with Gasteiger partial charge in [-0.05, 0) is 26.2 Å². The monoisotopic (exact) mass is 256 g/mol. The number of carbonyl (C=O) groups is 1. The van der Waals surface area contributed by atoms with Crippen LogP contribution in [0.4, 0.5) is 5.13 Å². The van der Waals surface area contributed by atoms with E-state index in [4.69, 9.17) is 9.84 Å². The minimum Gasteiger partial charge on any atom is -0.476 e. The van der Waals surface area contributed by atoms with Gasteiger partial charge in [-0.15, -0.1) is 11.3 Å². The van der Waals surface area contributed by atoms with Crippen molar-refractivity contribution in [1.82, 2.24) is 4.98 Å². The van der Waals surface area contributed by atoms with Gasteiger partial charge in [0.05, 0.1) is 12.1 Å². The van der Waals surface area contributed by atoms with Crippen LogP contribution in [0.15, 0.2) is 0 Å². The van der Waals surface area contributed by atoms with Crippen molar-refractivity contribution in [3.05, 3.63) is 10.6 Å². The van der Waals surface area contributed by atoms with E-state index >= 15 is 0 Å².